The zero-order valence-corrected chi connectivity index (χ0v) is 21.3. The van der Waals surface area contributed by atoms with Crippen LogP contribution in [0.2, 0.25) is 0 Å². The van der Waals surface area contributed by atoms with Crippen LogP contribution < -0.4 is 0 Å². The first-order valence-corrected chi connectivity index (χ1v) is 13.9. The second-order valence-electron chi connectivity index (χ2n) is 10.4. The second kappa shape index (κ2) is 14.4. The summed E-state index contributed by atoms with van der Waals surface area (Å²) < 4.78 is 0. The lowest BCUT2D eigenvalue weighted by molar-refractivity contribution is 0.0993. The average Bonchev–Trinajstić information content (AvgIpc) is 2.85. The Bertz CT molecular complexity index is 793. The molecule has 0 radical (unpaired) electrons. The molecule has 0 bridgehead atoms. The molecule has 2 aromatic rings. The fourth-order valence-electron chi connectivity index (χ4n) is 5.45. The van der Waals surface area contributed by atoms with Crippen molar-refractivity contribution in [3.8, 4) is 0 Å². The van der Waals surface area contributed by atoms with Gasteiger partial charge in [0.05, 0.1) is 0 Å². The third-order valence-corrected chi connectivity index (χ3v) is 7.72. The van der Waals surface area contributed by atoms with Crippen molar-refractivity contribution >= 4 is 5.78 Å². The Morgan fingerprint density at radius 2 is 1.30 bits per heavy atom. The molecule has 0 spiro atoms. The van der Waals surface area contributed by atoms with E-state index in [1.165, 1.54) is 94.6 Å². The van der Waals surface area contributed by atoms with Crippen molar-refractivity contribution in [1.29, 1.82) is 0 Å². The van der Waals surface area contributed by atoms with Crippen LogP contribution in [0.4, 0.5) is 0 Å². The Hall–Kier alpha value is -1.89. The van der Waals surface area contributed by atoms with Gasteiger partial charge in [0, 0.05) is 12.0 Å². The number of ketones is 1. The van der Waals surface area contributed by atoms with E-state index in [0.29, 0.717) is 12.3 Å². The molecule has 1 aliphatic rings. The molecule has 3 rings (SSSR count). The number of unbranched alkanes of at least 4 members (excludes halogenated alkanes) is 6. The Morgan fingerprint density at radius 1 is 0.697 bits per heavy atom. The maximum absolute atomic E-state index is 12.8. The highest BCUT2D eigenvalue weighted by Crippen LogP contribution is 2.37. The van der Waals surface area contributed by atoms with Crippen molar-refractivity contribution in [3.05, 3.63) is 70.8 Å². The summed E-state index contributed by atoms with van der Waals surface area (Å²) in [7, 11) is 0. The molecule has 0 atom stereocenters. The Balaban J connectivity index is 1.43. The van der Waals surface area contributed by atoms with Crippen LogP contribution in [0.1, 0.15) is 130 Å². The summed E-state index contributed by atoms with van der Waals surface area (Å²) in [6.45, 7) is 4.55. The number of aryl methyl sites for hydroxylation is 1. The second-order valence-corrected chi connectivity index (χ2v) is 10.4. The van der Waals surface area contributed by atoms with E-state index in [4.69, 9.17) is 0 Å². The predicted octanol–water partition coefficient (Wildman–Crippen LogP) is 9.48. The SMILES string of the molecule is CCCCCCCc1ccc(CC(=O)c2ccc([C@H]3CC[C@H](CCCCC)CC3)cc2)cc1. The zero-order chi connectivity index (χ0) is 23.3. The van der Waals surface area contributed by atoms with E-state index in [0.717, 1.165) is 23.5 Å². The summed E-state index contributed by atoms with van der Waals surface area (Å²) >= 11 is 0. The van der Waals surface area contributed by atoms with Crippen LogP contribution >= 0.6 is 0 Å². The van der Waals surface area contributed by atoms with Gasteiger partial charge in [-0.15, -0.1) is 0 Å². The van der Waals surface area contributed by atoms with E-state index in [1.54, 1.807) is 0 Å². The molecule has 1 aliphatic carbocycles. The number of benzene rings is 2. The molecular formula is C32H46O. The molecule has 180 valence electrons. The number of carbonyl (C=O) groups excluding carboxylic acids is 1. The molecule has 1 saturated carbocycles. The summed E-state index contributed by atoms with van der Waals surface area (Å²) in [4.78, 5) is 12.8. The van der Waals surface area contributed by atoms with E-state index in [2.05, 4.69) is 62.4 Å². The van der Waals surface area contributed by atoms with E-state index < -0.39 is 0 Å². The smallest absolute Gasteiger partial charge is 0.167 e. The normalized spacial score (nSPS) is 18.4. The van der Waals surface area contributed by atoms with Gasteiger partial charge in [0.2, 0.25) is 0 Å². The molecule has 0 amide bonds. The van der Waals surface area contributed by atoms with Crippen LogP contribution in [0, 0.1) is 5.92 Å². The van der Waals surface area contributed by atoms with Crippen LogP contribution in [0.15, 0.2) is 48.5 Å². The largest absolute Gasteiger partial charge is 0.294 e. The van der Waals surface area contributed by atoms with Gasteiger partial charge in [-0.3, -0.25) is 4.79 Å². The van der Waals surface area contributed by atoms with Gasteiger partial charge < -0.3 is 0 Å². The average molecular weight is 447 g/mol. The summed E-state index contributed by atoms with van der Waals surface area (Å²) in [5.41, 5.74) is 4.81. The van der Waals surface area contributed by atoms with Gasteiger partial charge in [-0.05, 0) is 67.1 Å². The van der Waals surface area contributed by atoms with Gasteiger partial charge in [0.15, 0.2) is 5.78 Å². The minimum absolute atomic E-state index is 0.230. The Morgan fingerprint density at radius 3 is 1.97 bits per heavy atom. The third-order valence-electron chi connectivity index (χ3n) is 7.72. The molecule has 1 nitrogen and oxygen atoms in total. The highest BCUT2D eigenvalue weighted by molar-refractivity contribution is 5.97. The summed E-state index contributed by atoms with van der Waals surface area (Å²) in [5.74, 6) is 1.86. The van der Waals surface area contributed by atoms with Gasteiger partial charge in [-0.25, -0.2) is 0 Å². The van der Waals surface area contributed by atoms with Crippen molar-refractivity contribution in [2.45, 2.75) is 116 Å². The van der Waals surface area contributed by atoms with Crippen molar-refractivity contribution in [2.24, 2.45) is 5.92 Å². The molecule has 0 saturated heterocycles. The van der Waals surface area contributed by atoms with Gasteiger partial charge in [-0.1, -0.05) is 114 Å². The van der Waals surface area contributed by atoms with Crippen LogP contribution in [-0.2, 0) is 12.8 Å². The molecule has 0 unspecified atom stereocenters. The lowest BCUT2D eigenvalue weighted by Gasteiger charge is -2.29. The number of carbonyl (C=O) groups is 1. The van der Waals surface area contributed by atoms with E-state index >= 15 is 0 Å². The van der Waals surface area contributed by atoms with Crippen LogP contribution in [0.5, 0.6) is 0 Å². The lowest BCUT2D eigenvalue weighted by Crippen LogP contribution is -2.13. The molecule has 0 N–H and O–H groups in total. The molecule has 1 heteroatoms. The topological polar surface area (TPSA) is 17.1 Å². The maximum atomic E-state index is 12.8. The van der Waals surface area contributed by atoms with Crippen LogP contribution in [-0.4, -0.2) is 5.78 Å². The van der Waals surface area contributed by atoms with Gasteiger partial charge in [0.25, 0.3) is 0 Å². The van der Waals surface area contributed by atoms with E-state index in [9.17, 15) is 4.79 Å². The van der Waals surface area contributed by atoms with Crippen molar-refractivity contribution in [1.82, 2.24) is 0 Å². The predicted molar refractivity (Wildman–Crippen MR) is 142 cm³/mol. The Labute approximate surface area is 203 Å². The van der Waals surface area contributed by atoms with Crippen LogP contribution in [0.3, 0.4) is 0 Å². The molecule has 0 aliphatic heterocycles. The van der Waals surface area contributed by atoms with Gasteiger partial charge in [-0.2, -0.15) is 0 Å². The molecule has 2 aromatic carbocycles. The van der Waals surface area contributed by atoms with Gasteiger partial charge in [0.1, 0.15) is 0 Å². The standard InChI is InChI=1S/C32H46O/c1-3-5-7-8-10-12-26-13-15-28(16-14-26)25-32(33)31-23-21-30(22-24-31)29-19-17-27(18-20-29)11-9-6-4-2/h13-16,21-24,27,29H,3-12,17-20,25H2,1-2H3/t27-,29-. The molecule has 0 heterocycles. The van der Waals surface area contributed by atoms with Crippen molar-refractivity contribution < 1.29 is 4.79 Å². The van der Waals surface area contributed by atoms with E-state index in [-0.39, 0.29) is 5.78 Å². The third kappa shape index (κ3) is 8.76. The fourth-order valence-corrected chi connectivity index (χ4v) is 5.45. The summed E-state index contributed by atoms with van der Waals surface area (Å²) in [5, 5.41) is 0. The Kier molecular flexibility index (Phi) is 11.2. The van der Waals surface area contributed by atoms with Crippen LogP contribution in [0.25, 0.3) is 0 Å². The minimum Gasteiger partial charge on any atom is -0.294 e. The number of hydrogen-bond acceptors (Lipinski definition) is 1. The summed E-state index contributed by atoms with van der Waals surface area (Å²) in [6, 6.07) is 17.3. The summed E-state index contributed by atoms with van der Waals surface area (Å²) in [6.07, 6.45) is 19.2. The highest BCUT2D eigenvalue weighted by atomic mass is 16.1. The maximum Gasteiger partial charge on any atom is 0.167 e. The minimum atomic E-state index is 0.230. The number of rotatable bonds is 14. The first kappa shape index (κ1) is 25.7. The molecule has 1 fully saturated rings. The molecular weight excluding hydrogens is 400 g/mol. The van der Waals surface area contributed by atoms with Gasteiger partial charge >= 0.3 is 0 Å². The molecule has 33 heavy (non-hydrogen) atoms. The highest BCUT2D eigenvalue weighted by Gasteiger charge is 2.22. The first-order chi connectivity index (χ1) is 16.2. The van der Waals surface area contributed by atoms with Crippen molar-refractivity contribution in [2.75, 3.05) is 0 Å². The number of Topliss-reactive ketones (excluding diaryl/α,β-unsaturated/α-hetero) is 1. The monoisotopic (exact) mass is 446 g/mol. The first-order valence-electron chi connectivity index (χ1n) is 13.9. The number of hydrogen-bond donors (Lipinski definition) is 0. The van der Waals surface area contributed by atoms with Crippen molar-refractivity contribution in [3.63, 3.8) is 0 Å². The molecule has 0 aromatic heterocycles. The van der Waals surface area contributed by atoms with E-state index in [1.807, 2.05) is 0 Å². The quantitative estimate of drug-likeness (QED) is 0.208. The zero-order valence-electron chi connectivity index (χ0n) is 21.3. The fraction of sp³-hybridized carbons (Fsp3) is 0.594. The lowest BCUT2D eigenvalue weighted by atomic mass is 9.77.